The number of ketones is 1. The Labute approximate surface area is 176 Å². The van der Waals surface area contributed by atoms with Crippen molar-refractivity contribution in [2.45, 2.75) is 88.3 Å². The van der Waals surface area contributed by atoms with Crippen molar-refractivity contribution in [3.8, 4) is 0 Å². The van der Waals surface area contributed by atoms with Crippen molar-refractivity contribution in [1.82, 2.24) is 0 Å². The summed E-state index contributed by atoms with van der Waals surface area (Å²) >= 11 is 3.60. The lowest BCUT2D eigenvalue weighted by Crippen LogP contribution is -2.26. The zero-order chi connectivity index (χ0) is 20.5. The van der Waals surface area contributed by atoms with Gasteiger partial charge < -0.3 is 10.2 Å². The van der Waals surface area contributed by atoms with Crippen LogP contribution in [-0.4, -0.2) is 32.8 Å². The quantitative estimate of drug-likeness (QED) is 0.287. The lowest BCUT2D eigenvalue weighted by molar-refractivity contribution is -0.143. The van der Waals surface area contributed by atoms with E-state index < -0.39 is 11.9 Å². The topological polar surface area (TPSA) is 91.7 Å². The standard InChI is InChI=1S/C22H33BrO5/c23-18-14-16(9-4-2-6-13-20(25)26)17(21(18)22(27)28)11-5-1-3-8-15-10-7-12-19(15)24/h10,16-18,21H,1-9,11-14H2,(H,25,26)(H,27,28). The van der Waals surface area contributed by atoms with E-state index in [-0.39, 0.29) is 23.1 Å². The first kappa shape index (κ1) is 23.1. The number of halogens is 1. The molecule has 2 aliphatic rings. The molecular weight excluding hydrogens is 424 g/mol. The summed E-state index contributed by atoms with van der Waals surface area (Å²) < 4.78 is 0. The maximum Gasteiger partial charge on any atom is 0.307 e. The van der Waals surface area contributed by atoms with Crippen LogP contribution in [0, 0.1) is 17.8 Å². The molecule has 1 saturated carbocycles. The van der Waals surface area contributed by atoms with E-state index in [0.29, 0.717) is 24.5 Å². The molecule has 2 N–H and O–H groups in total. The summed E-state index contributed by atoms with van der Waals surface area (Å²) in [5.74, 6) is -0.903. The molecule has 0 aromatic carbocycles. The zero-order valence-electron chi connectivity index (χ0n) is 16.6. The molecular formula is C22H33BrO5. The van der Waals surface area contributed by atoms with Crippen molar-refractivity contribution in [3.63, 3.8) is 0 Å². The molecule has 5 nitrogen and oxygen atoms in total. The summed E-state index contributed by atoms with van der Waals surface area (Å²) in [6.07, 6.45) is 13.1. The number of carbonyl (C=O) groups is 3. The Morgan fingerprint density at radius 1 is 1.04 bits per heavy atom. The van der Waals surface area contributed by atoms with Gasteiger partial charge in [-0.2, -0.15) is 0 Å². The summed E-state index contributed by atoms with van der Waals surface area (Å²) in [4.78, 5) is 34.1. The van der Waals surface area contributed by atoms with Crippen LogP contribution in [0.5, 0.6) is 0 Å². The highest BCUT2D eigenvalue weighted by Gasteiger charge is 2.45. The van der Waals surface area contributed by atoms with Gasteiger partial charge in [-0.15, -0.1) is 0 Å². The summed E-state index contributed by atoms with van der Waals surface area (Å²) in [5, 5.41) is 18.4. The van der Waals surface area contributed by atoms with Crippen LogP contribution in [-0.2, 0) is 14.4 Å². The van der Waals surface area contributed by atoms with Crippen LogP contribution in [0.2, 0.25) is 0 Å². The smallest absolute Gasteiger partial charge is 0.307 e. The first-order chi connectivity index (χ1) is 13.4. The van der Waals surface area contributed by atoms with Gasteiger partial charge in [0, 0.05) is 17.7 Å². The Kier molecular flexibility index (Phi) is 9.69. The van der Waals surface area contributed by atoms with E-state index in [1.165, 1.54) is 0 Å². The molecule has 0 radical (unpaired) electrons. The zero-order valence-corrected chi connectivity index (χ0v) is 18.2. The molecule has 0 saturated heterocycles. The van der Waals surface area contributed by atoms with Crippen molar-refractivity contribution in [2.24, 2.45) is 17.8 Å². The third-order valence-electron chi connectivity index (χ3n) is 6.34. The molecule has 0 spiro atoms. The van der Waals surface area contributed by atoms with E-state index in [2.05, 4.69) is 22.0 Å². The summed E-state index contributed by atoms with van der Waals surface area (Å²) in [5.41, 5.74) is 0.990. The molecule has 0 aromatic heterocycles. The van der Waals surface area contributed by atoms with Crippen LogP contribution in [0.4, 0.5) is 0 Å². The second-order valence-electron chi connectivity index (χ2n) is 8.32. The number of carboxylic acids is 2. The fourth-order valence-corrected chi connectivity index (χ4v) is 5.98. The Hall–Kier alpha value is -1.17. The Bertz CT molecular complexity index is 585. The molecule has 4 unspecified atom stereocenters. The summed E-state index contributed by atoms with van der Waals surface area (Å²) in [7, 11) is 0. The third kappa shape index (κ3) is 7.02. The first-order valence-corrected chi connectivity index (χ1v) is 11.6. The van der Waals surface area contributed by atoms with Crippen LogP contribution in [0.25, 0.3) is 0 Å². The summed E-state index contributed by atoms with van der Waals surface area (Å²) in [6, 6.07) is 0. The molecule has 0 amide bonds. The molecule has 6 heteroatoms. The SMILES string of the molecule is O=C(O)CCCCCC1CC(Br)C(C(=O)O)C1CCCCCC1=CCCC1=O. The maximum atomic E-state index is 11.8. The molecule has 1 fully saturated rings. The Morgan fingerprint density at radius 3 is 2.39 bits per heavy atom. The van der Waals surface area contributed by atoms with Gasteiger partial charge in [-0.05, 0) is 55.9 Å². The summed E-state index contributed by atoms with van der Waals surface area (Å²) in [6.45, 7) is 0. The maximum absolute atomic E-state index is 11.8. The van der Waals surface area contributed by atoms with Gasteiger partial charge in [-0.1, -0.05) is 54.1 Å². The molecule has 0 aromatic rings. The number of rotatable bonds is 13. The van der Waals surface area contributed by atoms with Crippen molar-refractivity contribution in [2.75, 3.05) is 0 Å². The number of hydrogen-bond donors (Lipinski definition) is 2. The Morgan fingerprint density at radius 2 is 1.75 bits per heavy atom. The monoisotopic (exact) mass is 456 g/mol. The van der Waals surface area contributed by atoms with E-state index >= 15 is 0 Å². The Balaban J connectivity index is 1.75. The van der Waals surface area contributed by atoms with Gasteiger partial charge in [0.05, 0.1) is 5.92 Å². The lowest BCUT2D eigenvalue weighted by atomic mass is 9.82. The van der Waals surface area contributed by atoms with E-state index in [4.69, 9.17) is 5.11 Å². The highest BCUT2D eigenvalue weighted by molar-refractivity contribution is 9.09. The molecule has 2 aliphatic carbocycles. The van der Waals surface area contributed by atoms with Crippen LogP contribution < -0.4 is 0 Å². The predicted octanol–water partition coefficient (Wildman–Crippen LogP) is 5.36. The molecule has 158 valence electrons. The van der Waals surface area contributed by atoms with Crippen molar-refractivity contribution >= 4 is 33.7 Å². The van der Waals surface area contributed by atoms with Gasteiger partial charge in [0.1, 0.15) is 0 Å². The lowest BCUT2D eigenvalue weighted by Gasteiger charge is -2.23. The first-order valence-electron chi connectivity index (χ1n) is 10.7. The molecule has 2 rings (SSSR count). The van der Waals surface area contributed by atoms with Crippen molar-refractivity contribution < 1.29 is 24.6 Å². The van der Waals surface area contributed by atoms with Gasteiger partial charge >= 0.3 is 11.9 Å². The molecule has 28 heavy (non-hydrogen) atoms. The highest BCUT2D eigenvalue weighted by atomic mass is 79.9. The second kappa shape index (κ2) is 11.7. The van der Waals surface area contributed by atoms with Gasteiger partial charge in [0.15, 0.2) is 5.78 Å². The van der Waals surface area contributed by atoms with Crippen molar-refractivity contribution in [3.05, 3.63) is 11.6 Å². The van der Waals surface area contributed by atoms with Gasteiger partial charge in [0.25, 0.3) is 0 Å². The normalized spacial score (nSPS) is 27.2. The predicted molar refractivity (Wildman–Crippen MR) is 112 cm³/mol. The van der Waals surface area contributed by atoms with Crippen molar-refractivity contribution in [1.29, 1.82) is 0 Å². The average Bonchev–Trinajstić information content (AvgIpc) is 3.17. The number of allylic oxidation sites excluding steroid dienone is 2. The van der Waals surface area contributed by atoms with E-state index in [1.54, 1.807) is 0 Å². The average molecular weight is 457 g/mol. The second-order valence-corrected chi connectivity index (χ2v) is 9.50. The minimum atomic E-state index is -0.750. The molecule has 0 aliphatic heterocycles. The minimum absolute atomic E-state index is 0.0280. The molecule has 0 bridgehead atoms. The highest BCUT2D eigenvalue weighted by Crippen LogP contribution is 2.46. The van der Waals surface area contributed by atoms with E-state index in [9.17, 15) is 19.5 Å². The number of carbonyl (C=O) groups excluding carboxylic acids is 1. The number of aliphatic carboxylic acids is 2. The number of carboxylic acid groups (broad SMARTS) is 2. The van der Waals surface area contributed by atoms with Crippen LogP contribution in [0.15, 0.2) is 11.6 Å². The van der Waals surface area contributed by atoms with E-state index in [1.807, 2.05) is 0 Å². The van der Waals surface area contributed by atoms with Crippen LogP contribution in [0.1, 0.15) is 83.5 Å². The van der Waals surface area contributed by atoms with Gasteiger partial charge in [-0.25, -0.2) is 0 Å². The number of hydrogen-bond acceptors (Lipinski definition) is 3. The fraction of sp³-hybridized carbons (Fsp3) is 0.773. The number of Topliss-reactive ketones (excluding diaryl/α,β-unsaturated/α-hetero) is 1. The number of unbranched alkanes of at least 4 members (excludes halogenated alkanes) is 4. The largest absolute Gasteiger partial charge is 0.481 e. The molecule has 0 heterocycles. The van der Waals surface area contributed by atoms with E-state index in [0.717, 1.165) is 69.8 Å². The third-order valence-corrected chi connectivity index (χ3v) is 7.28. The van der Waals surface area contributed by atoms with Crippen LogP contribution >= 0.6 is 15.9 Å². The fourth-order valence-electron chi connectivity index (χ4n) is 4.88. The molecule has 4 atom stereocenters. The number of alkyl halides is 1. The van der Waals surface area contributed by atoms with Crippen LogP contribution in [0.3, 0.4) is 0 Å². The van der Waals surface area contributed by atoms with Gasteiger partial charge in [-0.3, -0.25) is 14.4 Å². The van der Waals surface area contributed by atoms with Gasteiger partial charge in [0.2, 0.25) is 0 Å². The minimum Gasteiger partial charge on any atom is -0.481 e.